The Labute approximate surface area is 258 Å². The molecule has 14 heteroatoms. The van der Waals surface area contributed by atoms with Gasteiger partial charge in [-0.25, -0.2) is 14.1 Å². The van der Waals surface area contributed by atoms with Gasteiger partial charge in [-0.15, -0.1) is 5.10 Å². The lowest BCUT2D eigenvalue weighted by molar-refractivity contribution is -0.145. The number of ether oxygens (including phenoxy) is 1. The Morgan fingerprint density at radius 3 is 2.56 bits per heavy atom. The van der Waals surface area contributed by atoms with Crippen molar-refractivity contribution in [2.75, 3.05) is 31.1 Å². The van der Waals surface area contributed by atoms with Crippen LogP contribution in [-0.2, 0) is 30.5 Å². The molecule has 4 atom stereocenters. The number of nitrogens with zero attached hydrogens (tertiary/aromatic N) is 7. The van der Waals surface area contributed by atoms with Crippen LogP contribution in [-0.4, -0.2) is 62.0 Å². The van der Waals surface area contributed by atoms with E-state index in [0.29, 0.717) is 35.6 Å². The highest BCUT2D eigenvalue weighted by atomic mass is 19.4. The first-order valence-electron chi connectivity index (χ1n) is 15.7. The summed E-state index contributed by atoms with van der Waals surface area (Å²) >= 11 is 0. The number of amides is 1. The summed E-state index contributed by atoms with van der Waals surface area (Å²) in [6.45, 7) is 8.93. The molecule has 1 amide bonds. The maximum Gasteiger partial charge on any atom is 0.453 e. The molecule has 4 aliphatic rings. The molecule has 2 aliphatic carbocycles. The first kappa shape index (κ1) is 30.0. The molecule has 3 aromatic rings. The number of anilines is 1. The normalized spacial score (nSPS) is 27.4. The van der Waals surface area contributed by atoms with Crippen LogP contribution in [0, 0.1) is 28.5 Å². The Hall–Kier alpha value is -3.71. The molecule has 0 bridgehead atoms. The van der Waals surface area contributed by atoms with Crippen molar-refractivity contribution in [3.05, 3.63) is 47.1 Å². The fraction of sp³-hybridized carbons (Fsp3) is 0.645. The van der Waals surface area contributed by atoms with Crippen LogP contribution in [0.25, 0.3) is 0 Å². The van der Waals surface area contributed by atoms with Gasteiger partial charge in [-0.2, -0.15) is 18.2 Å². The number of hydrogen-bond acceptors (Lipinski definition) is 8. The molecule has 2 aliphatic heterocycles. The van der Waals surface area contributed by atoms with Crippen LogP contribution in [0.3, 0.4) is 0 Å². The lowest BCUT2D eigenvalue weighted by atomic mass is 9.98. The number of benzene rings is 1. The van der Waals surface area contributed by atoms with E-state index < -0.39 is 17.8 Å². The molecule has 3 fully saturated rings. The van der Waals surface area contributed by atoms with Crippen molar-refractivity contribution < 1.29 is 31.6 Å². The summed E-state index contributed by atoms with van der Waals surface area (Å²) in [5.74, 6) is 0.667. The number of fused-ring (bicyclic) bond motifs is 4. The molecular weight excluding hydrogens is 594 g/mol. The van der Waals surface area contributed by atoms with E-state index in [9.17, 15) is 22.4 Å². The highest BCUT2D eigenvalue weighted by Gasteiger charge is 2.82. The fourth-order valence-electron chi connectivity index (χ4n) is 7.98. The van der Waals surface area contributed by atoms with Gasteiger partial charge < -0.3 is 19.1 Å². The van der Waals surface area contributed by atoms with E-state index in [1.165, 1.54) is 23.5 Å². The first-order chi connectivity index (χ1) is 21.4. The van der Waals surface area contributed by atoms with Gasteiger partial charge in [0.05, 0.1) is 26.1 Å². The second kappa shape index (κ2) is 10.7. The summed E-state index contributed by atoms with van der Waals surface area (Å²) in [4.78, 5) is 24.6. The Morgan fingerprint density at radius 1 is 1.13 bits per heavy atom. The smallest absolute Gasteiger partial charge is 0.453 e. The Balaban J connectivity index is 0.883. The number of alkyl halides is 3. The Morgan fingerprint density at radius 2 is 1.89 bits per heavy atom. The number of hydrogen-bond donors (Lipinski definition) is 0. The summed E-state index contributed by atoms with van der Waals surface area (Å²) in [5.41, 5.74) is 0.799. The van der Waals surface area contributed by atoms with E-state index >= 15 is 0 Å². The van der Waals surface area contributed by atoms with Gasteiger partial charge in [0.1, 0.15) is 17.4 Å². The standard InChI is InChI=1S/C31H37F4N7O3/c1-18(2)26-37-28(45-39-26)40-9-6-21-22(7-10-40)30(21)17-29(30,3)8-13-44-20-5-4-19(23(32)15-20)14-25(43)41-11-12-42-24(16-41)36-27(38-42)31(33,34)35/h4-5,15,18,21-22H,6-14,16-17H2,1-3H3/t21-,22?,29?,30?/m0/s1. The molecular formula is C31H37F4N7O3. The second-order valence-corrected chi connectivity index (χ2v) is 13.6. The number of carbonyl (C=O) groups excluding carboxylic acids is 1. The van der Waals surface area contributed by atoms with Gasteiger partial charge in [-0.1, -0.05) is 32.0 Å². The van der Waals surface area contributed by atoms with Gasteiger partial charge in [0.2, 0.25) is 5.91 Å². The maximum absolute atomic E-state index is 15.0. The highest BCUT2D eigenvalue weighted by Crippen LogP contribution is 2.87. The lowest BCUT2D eigenvalue weighted by Gasteiger charge is -2.26. The number of rotatable bonds is 8. The molecule has 7 rings (SSSR count). The third-order valence-corrected chi connectivity index (χ3v) is 10.6. The number of halogens is 4. The van der Waals surface area contributed by atoms with Crippen LogP contribution < -0.4 is 9.64 Å². The molecule has 10 nitrogen and oxygen atoms in total. The molecule has 45 heavy (non-hydrogen) atoms. The molecule has 2 aromatic heterocycles. The first-order valence-corrected chi connectivity index (χ1v) is 15.7. The monoisotopic (exact) mass is 631 g/mol. The van der Waals surface area contributed by atoms with Crippen molar-refractivity contribution in [3.8, 4) is 5.75 Å². The van der Waals surface area contributed by atoms with Gasteiger partial charge in [0.15, 0.2) is 5.82 Å². The molecule has 1 spiro atoms. The van der Waals surface area contributed by atoms with Crippen molar-refractivity contribution >= 4 is 11.9 Å². The van der Waals surface area contributed by atoms with Crippen molar-refractivity contribution in [2.45, 2.75) is 78.1 Å². The van der Waals surface area contributed by atoms with Crippen LogP contribution >= 0.6 is 0 Å². The predicted molar refractivity (Wildman–Crippen MR) is 153 cm³/mol. The molecule has 1 saturated heterocycles. The van der Waals surface area contributed by atoms with E-state index in [0.717, 1.165) is 42.9 Å². The van der Waals surface area contributed by atoms with Gasteiger partial charge >= 0.3 is 12.2 Å². The summed E-state index contributed by atoms with van der Waals surface area (Å²) in [5, 5.41) is 7.59. The molecule has 0 N–H and O–H groups in total. The fourth-order valence-corrected chi connectivity index (χ4v) is 7.98. The van der Waals surface area contributed by atoms with Gasteiger partial charge in [-0.3, -0.25) is 4.79 Å². The zero-order valence-corrected chi connectivity index (χ0v) is 25.6. The van der Waals surface area contributed by atoms with Crippen LogP contribution in [0.2, 0.25) is 0 Å². The topological polar surface area (TPSA) is 102 Å². The highest BCUT2D eigenvalue weighted by molar-refractivity contribution is 5.79. The lowest BCUT2D eigenvalue weighted by Crippen LogP contribution is -2.39. The molecule has 4 heterocycles. The summed E-state index contributed by atoms with van der Waals surface area (Å²) in [7, 11) is 0. The van der Waals surface area contributed by atoms with Crippen LogP contribution in [0.5, 0.6) is 5.75 Å². The minimum atomic E-state index is -4.65. The van der Waals surface area contributed by atoms with Crippen molar-refractivity contribution in [1.82, 2.24) is 29.8 Å². The average molecular weight is 632 g/mol. The van der Waals surface area contributed by atoms with Crippen molar-refractivity contribution in [1.29, 1.82) is 0 Å². The minimum Gasteiger partial charge on any atom is -0.493 e. The van der Waals surface area contributed by atoms with Crippen molar-refractivity contribution in [2.24, 2.45) is 22.7 Å². The summed E-state index contributed by atoms with van der Waals surface area (Å²) in [6, 6.07) is 5.13. The van der Waals surface area contributed by atoms with Gasteiger partial charge in [0.25, 0.3) is 5.82 Å². The third kappa shape index (κ3) is 5.33. The van der Waals surface area contributed by atoms with E-state index in [1.807, 2.05) is 0 Å². The Kier molecular flexibility index (Phi) is 7.12. The molecule has 3 unspecified atom stereocenters. The Bertz CT molecular complexity index is 1590. The summed E-state index contributed by atoms with van der Waals surface area (Å²) < 4.78 is 66.5. The van der Waals surface area contributed by atoms with E-state index in [2.05, 4.69) is 45.9 Å². The van der Waals surface area contributed by atoms with Crippen LogP contribution in [0.1, 0.15) is 75.4 Å². The molecule has 0 radical (unpaired) electrons. The van der Waals surface area contributed by atoms with E-state index in [4.69, 9.17) is 9.26 Å². The zero-order chi connectivity index (χ0) is 31.7. The van der Waals surface area contributed by atoms with Gasteiger partial charge in [-0.05, 0) is 60.0 Å². The van der Waals surface area contributed by atoms with E-state index in [1.54, 1.807) is 6.07 Å². The largest absolute Gasteiger partial charge is 0.493 e. The molecule has 2 saturated carbocycles. The minimum absolute atomic E-state index is 0.0594. The zero-order valence-electron chi connectivity index (χ0n) is 25.6. The predicted octanol–water partition coefficient (Wildman–Crippen LogP) is 5.24. The number of carbonyl (C=O) groups is 1. The van der Waals surface area contributed by atoms with Crippen molar-refractivity contribution in [3.63, 3.8) is 0 Å². The number of aromatic nitrogens is 5. The van der Waals surface area contributed by atoms with Crippen LogP contribution in [0.15, 0.2) is 22.7 Å². The summed E-state index contributed by atoms with van der Waals surface area (Å²) in [6.07, 6.45) is -0.564. The quantitative estimate of drug-likeness (QED) is 0.311. The van der Waals surface area contributed by atoms with E-state index in [-0.39, 0.29) is 54.7 Å². The van der Waals surface area contributed by atoms with Gasteiger partial charge in [0, 0.05) is 31.6 Å². The SMILES string of the molecule is CC(C)c1noc(N2CCC3[C@H](CC2)C32CC2(C)CCOc2ccc(CC(=O)N3CCn4nc(C(F)(F)F)nc4C3)c(F)c2)n1. The second-order valence-electron chi connectivity index (χ2n) is 13.6. The van der Waals surface area contributed by atoms with Crippen LogP contribution in [0.4, 0.5) is 23.6 Å². The molecule has 242 valence electrons. The third-order valence-electron chi connectivity index (χ3n) is 10.6. The average Bonchev–Trinajstić information content (AvgIpc) is 3.56. The molecule has 1 aromatic carbocycles. The maximum atomic E-state index is 15.0.